The molecule has 3 heteroatoms. The van der Waals surface area contributed by atoms with Gasteiger partial charge in [-0.05, 0) is 29.7 Å². The van der Waals surface area contributed by atoms with Crippen LogP contribution in [0.5, 0.6) is 0 Å². The van der Waals surface area contributed by atoms with Crippen molar-refractivity contribution in [3.05, 3.63) is 48.2 Å². The summed E-state index contributed by atoms with van der Waals surface area (Å²) in [7, 11) is 0. The van der Waals surface area contributed by atoms with Crippen LogP contribution < -0.4 is 0 Å². The molecule has 1 aromatic carbocycles. The maximum absolute atomic E-state index is 5.76. The molecule has 0 atom stereocenters. The molecule has 0 saturated carbocycles. The minimum absolute atomic E-state index is 0.335. The zero-order valence-electron chi connectivity index (χ0n) is 11.3. The minimum Gasteiger partial charge on any atom is -0.347 e. The van der Waals surface area contributed by atoms with Gasteiger partial charge in [-0.3, -0.25) is 4.98 Å². The number of pyridine rings is 1. The fourth-order valence-electron chi connectivity index (χ4n) is 3.10. The number of aromatic nitrogens is 1. The van der Waals surface area contributed by atoms with Crippen LogP contribution in [0, 0.1) is 0 Å². The van der Waals surface area contributed by atoms with E-state index in [4.69, 9.17) is 9.47 Å². The lowest BCUT2D eigenvalue weighted by molar-refractivity contribution is -0.159. The molecule has 2 aromatic rings. The first-order chi connectivity index (χ1) is 9.85. The van der Waals surface area contributed by atoms with Crippen LogP contribution in [-0.2, 0) is 9.47 Å². The number of hydrogen-bond donors (Lipinski definition) is 0. The Morgan fingerprint density at radius 2 is 2.00 bits per heavy atom. The van der Waals surface area contributed by atoms with E-state index < -0.39 is 0 Å². The average molecular weight is 267 g/mol. The quantitative estimate of drug-likeness (QED) is 0.792. The van der Waals surface area contributed by atoms with Crippen molar-refractivity contribution in [1.82, 2.24) is 4.98 Å². The van der Waals surface area contributed by atoms with Crippen LogP contribution in [0.1, 0.15) is 24.8 Å². The van der Waals surface area contributed by atoms with E-state index in [2.05, 4.69) is 35.3 Å². The highest BCUT2D eigenvalue weighted by Gasteiger charge is 2.37. The summed E-state index contributed by atoms with van der Waals surface area (Å²) >= 11 is 0. The van der Waals surface area contributed by atoms with Gasteiger partial charge in [-0.1, -0.05) is 24.3 Å². The predicted octanol–water partition coefficient (Wildman–Crippen LogP) is 3.55. The third-order valence-electron chi connectivity index (χ3n) is 4.22. The van der Waals surface area contributed by atoms with E-state index in [0.717, 1.165) is 38.0 Å². The fourth-order valence-corrected chi connectivity index (χ4v) is 3.10. The molecule has 2 aliphatic rings. The van der Waals surface area contributed by atoms with Gasteiger partial charge < -0.3 is 9.47 Å². The van der Waals surface area contributed by atoms with Crippen LogP contribution in [0.2, 0.25) is 0 Å². The monoisotopic (exact) mass is 267 g/mol. The van der Waals surface area contributed by atoms with Crippen molar-refractivity contribution in [3.63, 3.8) is 0 Å². The molecule has 0 amide bonds. The Bertz CT molecular complexity index is 671. The van der Waals surface area contributed by atoms with Crippen molar-refractivity contribution in [2.24, 2.45) is 0 Å². The van der Waals surface area contributed by atoms with Crippen LogP contribution in [0.3, 0.4) is 0 Å². The second kappa shape index (κ2) is 4.69. The number of benzene rings is 1. The summed E-state index contributed by atoms with van der Waals surface area (Å²) in [4.78, 5) is 4.43. The van der Waals surface area contributed by atoms with E-state index in [1.54, 1.807) is 0 Å². The highest BCUT2D eigenvalue weighted by atomic mass is 16.7. The number of fused-ring (bicyclic) bond motifs is 1. The summed E-state index contributed by atoms with van der Waals surface area (Å²) < 4.78 is 11.5. The Kier molecular flexibility index (Phi) is 2.83. The standard InChI is InChI=1S/C17H17NO2/c1-2-14-3-4-15(12-16(14)18-9-1)13-5-7-17(8-6-13)19-10-11-20-17/h1-5,9,12H,6-8,10-11H2. The second-order valence-corrected chi connectivity index (χ2v) is 5.45. The topological polar surface area (TPSA) is 31.4 Å². The molecule has 1 aliphatic carbocycles. The maximum Gasteiger partial charge on any atom is 0.172 e. The van der Waals surface area contributed by atoms with Crippen molar-refractivity contribution in [2.75, 3.05) is 13.2 Å². The molecule has 1 aromatic heterocycles. The van der Waals surface area contributed by atoms with Gasteiger partial charge in [-0.25, -0.2) is 0 Å². The third-order valence-corrected chi connectivity index (χ3v) is 4.22. The van der Waals surface area contributed by atoms with E-state index in [9.17, 15) is 0 Å². The summed E-state index contributed by atoms with van der Waals surface area (Å²) in [6, 6.07) is 10.6. The van der Waals surface area contributed by atoms with Gasteiger partial charge in [0.1, 0.15) is 0 Å². The van der Waals surface area contributed by atoms with Gasteiger partial charge in [0.2, 0.25) is 0 Å². The van der Waals surface area contributed by atoms with Crippen molar-refractivity contribution in [1.29, 1.82) is 0 Å². The molecule has 0 unspecified atom stereocenters. The van der Waals surface area contributed by atoms with Gasteiger partial charge in [0.25, 0.3) is 0 Å². The highest BCUT2D eigenvalue weighted by Crippen LogP contribution is 2.38. The summed E-state index contributed by atoms with van der Waals surface area (Å²) in [5.74, 6) is -0.335. The SMILES string of the molecule is C1=C(c2ccc3cccnc3c2)CCC2(C1)OCCO2. The lowest BCUT2D eigenvalue weighted by atomic mass is 9.89. The largest absolute Gasteiger partial charge is 0.347 e. The normalized spacial score (nSPS) is 21.3. The lowest BCUT2D eigenvalue weighted by Crippen LogP contribution is -2.31. The highest BCUT2D eigenvalue weighted by molar-refractivity contribution is 5.83. The van der Waals surface area contributed by atoms with Gasteiger partial charge in [-0.2, -0.15) is 0 Å². The van der Waals surface area contributed by atoms with Crippen LogP contribution in [0.25, 0.3) is 16.5 Å². The molecule has 2 heterocycles. The number of rotatable bonds is 1. The third kappa shape index (κ3) is 2.03. The predicted molar refractivity (Wildman–Crippen MR) is 78.2 cm³/mol. The first kappa shape index (κ1) is 12.1. The fraction of sp³-hybridized carbons (Fsp3) is 0.353. The van der Waals surface area contributed by atoms with Gasteiger partial charge in [0.05, 0.1) is 18.7 Å². The number of hydrogen-bond acceptors (Lipinski definition) is 3. The molecule has 1 spiro atoms. The number of allylic oxidation sites excluding steroid dienone is 1. The van der Waals surface area contributed by atoms with Gasteiger partial charge in [0, 0.05) is 24.4 Å². The van der Waals surface area contributed by atoms with E-state index >= 15 is 0 Å². The lowest BCUT2D eigenvalue weighted by Gasteiger charge is -2.30. The first-order valence-electron chi connectivity index (χ1n) is 7.17. The second-order valence-electron chi connectivity index (χ2n) is 5.45. The molecule has 0 N–H and O–H groups in total. The van der Waals surface area contributed by atoms with Crippen molar-refractivity contribution in [3.8, 4) is 0 Å². The summed E-state index contributed by atoms with van der Waals surface area (Å²) in [5, 5.41) is 1.19. The van der Waals surface area contributed by atoms with Crippen LogP contribution in [0.4, 0.5) is 0 Å². The molecule has 0 bridgehead atoms. The maximum atomic E-state index is 5.76. The van der Waals surface area contributed by atoms with Crippen molar-refractivity contribution in [2.45, 2.75) is 25.0 Å². The van der Waals surface area contributed by atoms with Crippen LogP contribution in [-0.4, -0.2) is 24.0 Å². The van der Waals surface area contributed by atoms with Gasteiger partial charge >= 0.3 is 0 Å². The van der Waals surface area contributed by atoms with Gasteiger partial charge in [0.15, 0.2) is 5.79 Å². The van der Waals surface area contributed by atoms with E-state index in [0.29, 0.717) is 0 Å². The Balaban J connectivity index is 1.64. The molecule has 20 heavy (non-hydrogen) atoms. The Morgan fingerprint density at radius 1 is 1.10 bits per heavy atom. The van der Waals surface area contributed by atoms with Crippen LogP contribution >= 0.6 is 0 Å². The Labute approximate surface area is 118 Å². The zero-order valence-corrected chi connectivity index (χ0v) is 11.3. The van der Waals surface area contributed by atoms with E-state index in [-0.39, 0.29) is 5.79 Å². The van der Waals surface area contributed by atoms with Gasteiger partial charge in [-0.15, -0.1) is 0 Å². The summed E-state index contributed by atoms with van der Waals surface area (Å²) in [6.07, 6.45) is 6.90. The molecule has 1 aliphatic heterocycles. The summed E-state index contributed by atoms with van der Waals surface area (Å²) in [6.45, 7) is 1.45. The van der Waals surface area contributed by atoms with Crippen molar-refractivity contribution < 1.29 is 9.47 Å². The smallest absolute Gasteiger partial charge is 0.172 e. The molecular weight excluding hydrogens is 250 g/mol. The average Bonchev–Trinajstić information content (AvgIpc) is 2.96. The molecule has 0 radical (unpaired) electrons. The number of ether oxygens (including phenoxy) is 2. The van der Waals surface area contributed by atoms with Crippen molar-refractivity contribution >= 4 is 16.5 Å². The first-order valence-corrected chi connectivity index (χ1v) is 7.17. The molecule has 1 fully saturated rings. The Hall–Kier alpha value is -1.71. The van der Waals surface area contributed by atoms with E-state index in [1.807, 2.05) is 12.3 Å². The molecule has 1 saturated heterocycles. The number of nitrogens with zero attached hydrogens (tertiary/aromatic N) is 1. The summed E-state index contributed by atoms with van der Waals surface area (Å²) in [5.41, 5.74) is 3.70. The molecule has 102 valence electrons. The zero-order chi connectivity index (χ0) is 13.4. The minimum atomic E-state index is -0.335. The Morgan fingerprint density at radius 3 is 2.80 bits per heavy atom. The molecule has 3 nitrogen and oxygen atoms in total. The molecule has 4 rings (SSSR count). The van der Waals surface area contributed by atoms with E-state index in [1.165, 1.54) is 16.5 Å². The molecular formula is C17H17NO2. The van der Waals surface area contributed by atoms with Crippen LogP contribution in [0.15, 0.2) is 42.6 Å².